The highest BCUT2D eigenvalue weighted by Gasteiger charge is 2.28. The second kappa shape index (κ2) is 5.80. The smallest absolute Gasteiger partial charge is 0.253 e. The Labute approximate surface area is 118 Å². The molecule has 0 aromatic heterocycles. The van der Waals surface area contributed by atoms with E-state index in [1.807, 2.05) is 0 Å². The van der Waals surface area contributed by atoms with Gasteiger partial charge in [0.25, 0.3) is 5.91 Å². The molecule has 1 saturated carbocycles. The molecule has 0 aliphatic heterocycles. The summed E-state index contributed by atoms with van der Waals surface area (Å²) in [5.74, 6) is -0.175. The van der Waals surface area contributed by atoms with Gasteiger partial charge in [-0.05, 0) is 25.0 Å². The van der Waals surface area contributed by atoms with Crippen LogP contribution >= 0.6 is 11.6 Å². The highest BCUT2D eigenvalue weighted by Crippen LogP contribution is 2.30. The van der Waals surface area contributed by atoms with Crippen molar-refractivity contribution < 1.29 is 9.53 Å². The fraction of sp³-hybridized carbons (Fsp3) is 0.500. The Morgan fingerprint density at radius 1 is 1.32 bits per heavy atom. The maximum Gasteiger partial charge on any atom is 0.253 e. The zero-order valence-electron chi connectivity index (χ0n) is 10.8. The summed E-state index contributed by atoms with van der Waals surface area (Å²) in [6, 6.07) is 5.04. The molecule has 0 saturated heterocycles. The van der Waals surface area contributed by atoms with Gasteiger partial charge in [0.1, 0.15) is 12.4 Å². The summed E-state index contributed by atoms with van der Waals surface area (Å²) in [5.41, 5.74) is 11.5. The minimum Gasteiger partial charge on any atom is -0.491 e. The van der Waals surface area contributed by atoms with Crippen molar-refractivity contribution in [2.75, 3.05) is 6.61 Å². The van der Waals surface area contributed by atoms with Gasteiger partial charge in [0.05, 0.1) is 16.1 Å². The Morgan fingerprint density at radius 2 is 2.00 bits per heavy atom. The largest absolute Gasteiger partial charge is 0.491 e. The number of primary amides is 1. The van der Waals surface area contributed by atoms with Gasteiger partial charge in [-0.3, -0.25) is 4.79 Å². The van der Waals surface area contributed by atoms with Crippen LogP contribution < -0.4 is 16.2 Å². The van der Waals surface area contributed by atoms with Gasteiger partial charge in [-0.1, -0.05) is 36.9 Å². The maximum atomic E-state index is 11.4. The van der Waals surface area contributed by atoms with Gasteiger partial charge in [0.2, 0.25) is 0 Å². The molecule has 1 aliphatic rings. The first-order valence-corrected chi connectivity index (χ1v) is 6.90. The van der Waals surface area contributed by atoms with E-state index >= 15 is 0 Å². The summed E-state index contributed by atoms with van der Waals surface area (Å²) in [5, 5.41) is 0.305. The molecule has 0 atom stereocenters. The molecular formula is C14H19ClN2O2. The normalized spacial score (nSPS) is 18.0. The lowest BCUT2D eigenvalue weighted by Gasteiger charge is -2.33. The first-order valence-electron chi connectivity index (χ1n) is 6.52. The van der Waals surface area contributed by atoms with Crippen LogP contribution in [-0.2, 0) is 0 Å². The Balaban J connectivity index is 2.11. The van der Waals surface area contributed by atoms with E-state index in [0.717, 1.165) is 25.7 Å². The van der Waals surface area contributed by atoms with Crippen LogP contribution in [0.25, 0.3) is 0 Å². The number of carbonyl (C=O) groups is 1. The minimum absolute atomic E-state index is 0.226. The topological polar surface area (TPSA) is 78.3 Å². The molecule has 1 aromatic rings. The van der Waals surface area contributed by atoms with Gasteiger partial charge in [-0.25, -0.2) is 0 Å². The Kier molecular flexibility index (Phi) is 4.32. The molecule has 0 heterocycles. The monoisotopic (exact) mass is 282 g/mol. The number of hydrogen-bond acceptors (Lipinski definition) is 3. The molecule has 5 heteroatoms. The number of halogens is 1. The summed E-state index contributed by atoms with van der Waals surface area (Å²) < 4.78 is 5.71. The lowest BCUT2D eigenvalue weighted by molar-refractivity contribution is 0.0993. The van der Waals surface area contributed by atoms with E-state index in [1.54, 1.807) is 18.2 Å². The number of hydrogen-bond donors (Lipinski definition) is 2. The third-order valence-corrected chi connectivity index (χ3v) is 3.90. The Hall–Kier alpha value is -1.26. The van der Waals surface area contributed by atoms with Crippen LogP contribution in [0.2, 0.25) is 5.02 Å². The molecule has 0 bridgehead atoms. The fourth-order valence-corrected chi connectivity index (χ4v) is 2.74. The van der Waals surface area contributed by atoms with Gasteiger partial charge in [0.15, 0.2) is 0 Å². The van der Waals surface area contributed by atoms with Crippen LogP contribution in [0.4, 0.5) is 0 Å². The molecule has 1 aliphatic carbocycles. The maximum absolute atomic E-state index is 11.4. The van der Waals surface area contributed by atoms with E-state index in [9.17, 15) is 4.79 Å². The molecule has 0 unspecified atom stereocenters. The predicted octanol–water partition coefficient (Wildman–Crippen LogP) is 2.48. The molecule has 1 fully saturated rings. The molecule has 4 nitrogen and oxygen atoms in total. The lowest BCUT2D eigenvalue weighted by Crippen LogP contribution is -2.47. The molecule has 1 aromatic carbocycles. The van der Waals surface area contributed by atoms with E-state index in [0.29, 0.717) is 17.4 Å². The average Bonchev–Trinajstić information content (AvgIpc) is 2.37. The van der Waals surface area contributed by atoms with Crippen LogP contribution in [0.1, 0.15) is 42.5 Å². The summed E-state index contributed by atoms with van der Waals surface area (Å²) in [6.45, 7) is 0.383. The van der Waals surface area contributed by atoms with Crippen LogP contribution in [0.3, 0.4) is 0 Å². The first-order chi connectivity index (χ1) is 9.02. The molecule has 0 spiro atoms. The van der Waals surface area contributed by atoms with E-state index in [4.69, 9.17) is 27.8 Å². The van der Waals surface area contributed by atoms with E-state index in [2.05, 4.69) is 0 Å². The second-order valence-electron chi connectivity index (χ2n) is 5.19. The molecule has 2 rings (SSSR count). The molecule has 4 N–H and O–H groups in total. The third-order valence-electron chi connectivity index (χ3n) is 3.59. The third kappa shape index (κ3) is 3.39. The number of amides is 1. The summed E-state index contributed by atoms with van der Waals surface area (Å²) in [6.07, 6.45) is 5.36. The van der Waals surface area contributed by atoms with Crippen molar-refractivity contribution in [2.45, 2.75) is 37.6 Å². The number of rotatable bonds is 4. The Morgan fingerprint density at radius 3 is 2.63 bits per heavy atom. The van der Waals surface area contributed by atoms with Crippen molar-refractivity contribution in [1.82, 2.24) is 0 Å². The van der Waals surface area contributed by atoms with Gasteiger partial charge in [-0.15, -0.1) is 0 Å². The van der Waals surface area contributed by atoms with Gasteiger partial charge in [-0.2, -0.15) is 0 Å². The van der Waals surface area contributed by atoms with Crippen molar-refractivity contribution in [3.8, 4) is 5.75 Å². The predicted molar refractivity (Wildman–Crippen MR) is 75.5 cm³/mol. The highest BCUT2D eigenvalue weighted by atomic mass is 35.5. The lowest BCUT2D eigenvalue weighted by atomic mass is 9.83. The fourth-order valence-electron chi connectivity index (χ4n) is 2.49. The molecule has 19 heavy (non-hydrogen) atoms. The highest BCUT2D eigenvalue weighted by molar-refractivity contribution is 6.34. The van der Waals surface area contributed by atoms with Crippen molar-refractivity contribution in [2.24, 2.45) is 11.5 Å². The van der Waals surface area contributed by atoms with E-state index < -0.39 is 5.91 Å². The van der Waals surface area contributed by atoms with Crippen LogP contribution in [0.5, 0.6) is 5.75 Å². The Bertz CT molecular complexity index is 471. The summed E-state index contributed by atoms with van der Waals surface area (Å²) >= 11 is 5.97. The van der Waals surface area contributed by atoms with Crippen molar-refractivity contribution >= 4 is 17.5 Å². The average molecular weight is 283 g/mol. The van der Waals surface area contributed by atoms with E-state index in [-0.39, 0.29) is 11.1 Å². The molecule has 1 amide bonds. The number of carbonyl (C=O) groups excluding carboxylic acids is 1. The standard InChI is InChI=1S/C14H19ClN2O2/c15-10-5-4-6-11(12(10)13(16)18)19-9-14(17)7-2-1-3-8-14/h4-6H,1-3,7-9,17H2,(H2,16,18). The summed E-state index contributed by atoms with van der Waals surface area (Å²) in [7, 11) is 0. The second-order valence-corrected chi connectivity index (χ2v) is 5.60. The molecule has 0 radical (unpaired) electrons. The van der Waals surface area contributed by atoms with Crippen molar-refractivity contribution in [1.29, 1.82) is 0 Å². The minimum atomic E-state index is -0.588. The van der Waals surface area contributed by atoms with Crippen molar-refractivity contribution in [3.05, 3.63) is 28.8 Å². The molecular weight excluding hydrogens is 264 g/mol. The van der Waals surface area contributed by atoms with E-state index in [1.165, 1.54) is 6.42 Å². The SMILES string of the molecule is NC(=O)c1c(Cl)cccc1OCC1(N)CCCCC1. The van der Waals surface area contributed by atoms with Gasteiger partial charge < -0.3 is 16.2 Å². The van der Waals surface area contributed by atoms with Crippen LogP contribution in [0.15, 0.2) is 18.2 Å². The van der Waals surface area contributed by atoms with Crippen molar-refractivity contribution in [3.63, 3.8) is 0 Å². The zero-order valence-corrected chi connectivity index (χ0v) is 11.6. The number of nitrogens with two attached hydrogens (primary N) is 2. The first kappa shape index (κ1) is 14.2. The molecule has 104 valence electrons. The van der Waals surface area contributed by atoms with Gasteiger partial charge in [0, 0.05) is 0 Å². The quantitative estimate of drug-likeness (QED) is 0.890. The number of benzene rings is 1. The summed E-state index contributed by atoms with van der Waals surface area (Å²) in [4.78, 5) is 11.4. The zero-order chi connectivity index (χ0) is 13.9. The van der Waals surface area contributed by atoms with Gasteiger partial charge >= 0.3 is 0 Å². The number of ether oxygens (including phenoxy) is 1. The van der Waals surface area contributed by atoms with Crippen LogP contribution in [0, 0.1) is 0 Å². The van der Waals surface area contributed by atoms with Crippen LogP contribution in [-0.4, -0.2) is 18.1 Å².